The topological polar surface area (TPSA) is 0 Å². The van der Waals surface area contributed by atoms with Gasteiger partial charge in [-0.1, -0.05) is 131 Å². The second-order valence-corrected chi connectivity index (χ2v) is 13.3. The summed E-state index contributed by atoms with van der Waals surface area (Å²) in [6.45, 7) is 4.68. The van der Waals surface area contributed by atoms with Crippen LogP contribution in [-0.2, 0) is 6.42 Å². The molecule has 0 aromatic heterocycles. The normalized spacial score (nSPS) is 24.0. The summed E-state index contributed by atoms with van der Waals surface area (Å²) in [6.07, 6.45) is 21.0. The Balaban J connectivity index is 1.07. The molecule has 1 heteroatoms. The Bertz CT molecular complexity index is 1210. The van der Waals surface area contributed by atoms with Crippen LogP contribution in [0.4, 0.5) is 4.39 Å². The fourth-order valence-corrected chi connectivity index (χ4v) is 7.66. The number of benzene rings is 3. The third kappa shape index (κ3) is 8.67. The molecular weight excluding hydrogens is 499 g/mol. The second-order valence-electron chi connectivity index (χ2n) is 13.3. The van der Waals surface area contributed by atoms with Gasteiger partial charge in [-0.25, -0.2) is 4.39 Å². The summed E-state index contributed by atoms with van der Waals surface area (Å²) in [5, 5.41) is 0. The summed E-state index contributed by atoms with van der Waals surface area (Å²) in [6, 6.07) is 25.8. The zero-order valence-corrected chi connectivity index (χ0v) is 25.5. The molecule has 0 N–H and O–H groups in total. The van der Waals surface area contributed by atoms with Gasteiger partial charge in [0.25, 0.3) is 0 Å². The fraction of sp³-hybridized carbons (Fsp3) is 0.500. The van der Waals surface area contributed by atoms with E-state index in [-0.39, 0.29) is 5.82 Å². The standard InChI is InChI=1S/C40H51F/c1-3-7-31-10-12-32(13-11-31)14-15-35-21-27-39(40(41)29-35)26-18-33-16-22-37(23-17-33)38-24-19-34(20-25-38)28-30(2)36-8-5-4-6-9-36/h4-6,8-9,16-18,21-23,26-27,29-32,34,38H,3,7,10-15,19-20,24-25,28H2,1-2H3/t30-,31?,32?,34?,38?/m1/s1. The molecule has 0 nitrogen and oxygen atoms in total. The van der Waals surface area contributed by atoms with Crippen molar-refractivity contribution in [3.05, 3.63) is 106 Å². The molecule has 0 unspecified atom stereocenters. The maximum atomic E-state index is 14.9. The van der Waals surface area contributed by atoms with Crippen molar-refractivity contribution in [2.75, 3.05) is 0 Å². The highest BCUT2D eigenvalue weighted by molar-refractivity contribution is 5.70. The van der Waals surface area contributed by atoms with Crippen LogP contribution in [0.25, 0.3) is 12.2 Å². The van der Waals surface area contributed by atoms with Crippen LogP contribution in [0.3, 0.4) is 0 Å². The lowest BCUT2D eigenvalue weighted by atomic mass is 9.75. The molecule has 41 heavy (non-hydrogen) atoms. The molecule has 0 heterocycles. The Kier molecular flexibility index (Phi) is 10.9. The summed E-state index contributed by atoms with van der Waals surface area (Å²) in [5.74, 6) is 3.84. The van der Waals surface area contributed by atoms with E-state index in [0.29, 0.717) is 17.4 Å². The van der Waals surface area contributed by atoms with Crippen molar-refractivity contribution in [3.8, 4) is 0 Å². The van der Waals surface area contributed by atoms with Gasteiger partial charge >= 0.3 is 0 Å². The molecule has 2 aliphatic carbocycles. The van der Waals surface area contributed by atoms with Crippen LogP contribution < -0.4 is 0 Å². The number of aryl methyl sites for hydroxylation is 1. The molecule has 2 fully saturated rings. The molecule has 0 bridgehead atoms. The molecule has 2 saturated carbocycles. The molecule has 218 valence electrons. The summed E-state index contributed by atoms with van der Waals surface area (Å²) < 4.78 is 14.9. The van der Waals surface area contributed by atoms with E-state index in [9.17, 15) is 4.39 Å². The molecule has 5 rings (SSSR count). The zero-order valence-electron chi connectivity index (χ0n) is 25.5. The second kappa shape index (κ2) is 15.0. The van der Waals surface area contributed by atoms with E-state index >= 15 is 0 Å². The van der Waals surface area contributed by atoms with Crippen molar-refractivity contribution in [1.29, 1.82) is 0 Å². The summed E-state index contributed by atoms with van der Waals surface area (Å²) in [5.41, 5.74) is 5.90. The summed E-state index contributed by atoms with van der Waals surface area (Å²) in [4.78, 5) is 0. The lowest BCUT2D eigenvalue weighted by molar-refractivity contribution is 0.252. The molecule has 0 saturated heterocycles. The van der Waals surface area contributed by atoms with Gasteiger partial charge in [-0.05, 0) is 103 Å². The first-order chi connectivity index (χ1) is 20.1. The molecule has 2 aliphatic rings. The van der Waals surface area contributed by atoms with Crippen LogP contribution in [0.15, 0.2) is 72.8 Å². The molecule has 0 spiro atoms. The average Bonchev–Trinajstić information content (AvgIpc) is 3.01. The van der Waals surface area contributed by atoms with E-state index in [4.69, 9.17) is 0 Å². The SMILES string of the molecule is CCCC1CCC(CCc2ccc(C=Cc3ccc(C4CCC(C[C@@H](C)c5ccccc5)CC4)cc3)c(F)c2)CC1. The van der Waals surface area contributed by atoms with Crippen LogP contribution in [-0.4, -0.2) is 0 Å². The first-order valence-electron chi connectivity index (χ1n) is 16.7. The van der Waals surface area contributed by atoms with Gasteiger partial charge in [-0.2, -0.15) is 0 Å². The third-order valence-corrected chi connectivity index (χ3v) is 10.3. The Hall–Kier alpha value is -2.67. The van der Waals surface area contributed by atoms with Crippen LogP contribution >= 0.6 is 0 Å². The number of halogens is 1. The Morgan fingerprint density at radius 2 is 1.39 bits per heavy atom. The summed E-state index contributed by atoms with van der Waals surface area (Å²) in [7, 11) is 0. The zero-order chi connectivity index (χ0) is 28.4. The highest BCUT2D eigenvalue weighted by Crippen LogP contribution is 2.40. The highest BCUT2D eigenvalue weighted by atomic mass is 19.1. The summed E-state index contributed by atoms with van der Waals surface area (Å²) >= 11 is 0. The van der Waals surface area contributed by atoms with Crippen LogP contribution in [0.1, 0.15) is 131 Å². The van der Waals surface area contributed by atoms with Crippen LogP contribution in [0.5, 0.6) is 0 Å². The number of hydrogen-bond donors (Lipinski definition) is 0. The van der Waals surface area contributed by atoms with E-state index in [1.165, 1.54) is 88.2 Å². The van der Waals surface area contributed by atoms with Crippen LogP contribution in [0, 0.1) is 23.6 Å². The van der Waals surface area contributed by atoms with E-state index in [1.807, 2.05) is 12.1 Å². The molecular formula is C40H51F. The first-order valence-corrected chi connectivity index (χ1v) is 16.7. The number of rotatable bonds is 11. The maximum Gasteiger partial charge on any atom is 0.130 e. The van der Waals surface area contributed by atoms with Gasteiger partial charge in [0.05, 0.1) is 0 Å². The average molecular weight is 551 g/mol. The Morgan fingerprint density at radius 1 is 0.732 bits per heavy atom. The van der Waals surface area contributed by atoms with E-state index in [0.717, 1.165) is 35.3 Å². The minimum absolute atomic E-state index is 0.0969. The van der Waals surface area contributed by atoms with Gasteiger partial charge in [0.1, 0.15) is 5.82 Å². The van der Waals surface area contributed by atoms with E-state index < -0.39 is 0 Å². The highest BCUT2D eigenvalue weighted by Gasteiger charge is 2.24. The maximum absolute atomic E-state index is 14.9. The lowest BCUT2D eigenvalue weighted by Gasteiger charge is -2.30. The lowest BCUT2D eigenvalue weighted by Crippen LogP contribution is -2.15. The minimum atomic E-state index is -0.0969. The molecule has 0 aliphatic heterocycles. The van der Waals surface area contributed by atoms with Crippen molar-refractivity contribution >= 4 is 12.2 Å². The number of hydrogen-bond acceptors (Lipinski definition) is 0. The van der Waals surface area contributed by atoms with Crippen molar-refractivity contribution in [1.82, 2.24) is 0 Å². The molecule has 1 atom stereocenters. The van der Waals surface area contributed by atoms with Crippen molar-refractivity contribution in [3.63, 3.8) is 0 Å². The Morgan fingerprint density at radius 3 is 2.05 bits per heavy atom. The van der Waals surface area contributed by atoms with Crippen molar-refractivity contribution < 1.29 is 4.39 Å². The van der Waals surface area contributed by atoms with Gasteiger partial charge in [0, 0.05) is 5.56 Å². The molecule has 3 aromatic rings. The largest absolute Gasteiger partial charge is 0.206 e. The fourth-order valence-electron chi connectivity index (χ4n) is 7.66. The molecule has 0 radical (unpaired) electrons. The third-order valence-electron chi connectivity index (χ3n) is 10.3. The first kappa shape index (κ1) is 29.8. The van der Waals surface area contributed by atoms with Gasteiger partial charge < -0.3 is 0 Å². The minimum Gasteiger partial charge on any atom is -0.206 e. The van der Waals surface area contributed by atoms with Crippen molar-refractivity contribution in [2.24, 2.45) is 17.8 Å². The smallest absolute Gasteiger partial charge is 0.130 e. The van der Waals surface area contributed by atoms with Crippen molar-refractivity contribution in [2.45, 2.75) is 109 Å². The molecule has 3 aromatic carbocycles. The quantitative estimate of drug-likeness (QED) is 0.208. The van der Waals surface area contributed by atoms with Gasteiger partial charge in [0.2, 0.25) is 0 Å². The van der Waals surface area contributed by atoms with Gasteiger partial charge in [-0.3, -0.25) is 0 Å². The van der Waals surface area contributed by atoms with E-state index in [2.05, 4.69) is 80.6 Å². The monoisotopic (exact) mass is 550 g/mol. The van der Waals surface area contributed by atoms with E-state index in [1.54, 1.807) is 6.07 Å². The van der Waals surface area contributed by atoms with Gasteiger partial charge in [-0.15, -0.1) is 0 Å². The van der Waals surface area contributed by atoms with Gasteiger partial charge in [0.15, 0.2) is 0 Å². The Labute approximate surface area is 249 Å². The predicted molar refractivity (Wildman–Crippen MR) is 175 cm³/mol. The molecule has 0 amide bonds. The predicted octanol–water partition coefficient (Wildman–Crippen LogP) is 12.0. The van der Waals surface area contributed by atoms with Crippen LogP contribution in [0.2, 0.25) is 0 Å².